The Balaban J connectivity index is 1.81. The summed E-state index contributed by atoms with van der Waals surface area (Å²) in [5.41, 5.74) is 0.707. The zero-order valence-corrected chi connectivity index (χ0v) is 12.6. The number of aromatic nitrogens is 2. The highest BCUT2D eigenvalue weighted by atomic mass is 32.2. The highest BCUT2D eigenvalue weighted by Gasteiger charge is 2.37. The van der Waals surface area contributed by atoms with E-state index in [1.54, 1.807) is 24.3 Å². The second-order valence-corrected chi connectivity index (χ2v) is 6.36. The lowest BCUT2D eigenvalue weighted by atomic mass is 9.92. The molecule has 21 heavy (non-hydrogen) atoms. The van der Waals surface area contributed by atoms with Crippen LogP contribution in [0.5, 0.6) is 0 Å². The smallest absolute Gasteiger partial charge is 0.116 e. The van der Waals surface area contributed by atoms with Gasteiger partial charge in [0.05, 0.1) is 17.2 Å². The third-order valence-electron chi connectivity index (χ3n) is 3.68. The first-order valence-electron chi connectivity index (χ1n) is 7.15. The zero-order valence-electron chi connectivity index (χ0n) is 11.8. The highest BCUT2D eigenvalue weighted by molar-refractivity contribution is 7.99. The predicted molar refractivity (Wildman–Crippen MR) is 84.1 cm³/mol. The van der Waals surface area contributed by atoms with Gasteiger partial charge in [-0.15, -0.1) is 11.8 Å². The number of benzene rings is 1. The Morgan fingerprint density at radius 1 is 1.24 bits per heavy atom. The lowest BCUT2D eigenvalue weighted by Gasteiger charge is -2.33. The van der Waals surface area contributed by atoms with Crippen LogP contribution in [0.2, 0.25) is 0 Å². The average molecular weight is 301 g/mol. The number of hydrogen-bond donors (Lipinski definition) is 2. The van der Waals surface area contributed by atoms with Crippen molar-refractivity contribution in [2.24, 2.45) is 0 Å². The topological polar surface area (TPSA) is 58.0 Å². The van der Waals surface area contributed by atoms with E-state index in [1.807, 2.05) is 24.3 Å². The molecule has 1 atom stereocenters. The molecule has 0 radical (unpaired) electrons. The molecule has 4 nitrogen and oxygen atoms in total. The predicted octanol–water partition coefficient (Wildman–Crippen LogP) is 2.21. The van der Waals surface area contributed by atoms with Gasteiger partial charge in [0, 0.05) is 18.0 Å². The molecule has 1 aliphatic carbocycles. The largest absolute Gasteiger partial charge is 0.394 e. The molecule has 0 aliphatic heterocycles. The van der Waals surface area contributed by atoms with Crippen molar-refractivity contribution in [2.45, 2.75) is 29.4 Å². The van der Waals surface area contributed by atoms with Crippen molar-refractivity contribution in [3.8, 4) is 0 Å². The lowest BCUT2D eigenvalue weighted by Crippen LogP contribution is -2.49. The molecule has 1 fully saturated rings. The third-order valence-corrected chi connectivity index (χ3v) is 4.85. The van der Waals surface area contributed by atoms with Gasteiger partial charge in [0.1, 0.15) is 6.33 Å². The molecule has 2 aromatic rings. The number of aliphatic hydroxyl groups is 1. The molecule has 1 aliphatic rings. The van der Waals surface area contributed by atoms with Gasteiger partial charge in [0.25, 0.3) is 0 Å². The van der Waals surface area contributed by atoms with E-state index in [9.17, 15) is 5.11 Å². The van der Waals surface area contributed by atoms with E-state index in [0.29, 0.717) is 6.04 Å². The Morgan fingerprint density at radius 2 is 2.05 bits per heavy atom. The van der Waals surface area contributed by atoms with Crippen molar-refractivity contribution in [3.63, 3.8) is 0 Å². The first-order chi connectivity index (χ1) is 10.3. The average Bonchev–Trinajstić information content (AvgIpc) is 3.37. The molecular weight excluding hydrogens is 282 g/mol. The highest BCUT2D eigenvalue weighted by Crippen LogP contribution is 2.33. The summed E-state index contributed by atoms with van der Waals surface area (Å²) in [5, 5.41) is 14.6. The van der Waals surface area contributed by atoms with Gasteiger partial charge < -0.3 is 10.4 Å². The van der Waals surface area contributed by atoms with Crippen LogP contribution in [0.15, 0.2) is 53.9 Å². The summed E-state index contributed by atoms with van der Waals surface area (Å²) < 4.78 is 0. The maximum atomic E-state index is 10.1. The molecule has 1 aromatic heterocycles. The summed E-state index contributed by atoms with van der Waals surface area (Å²) in [6.45, 7) is 0.0750. The summed E-state index contributed by atoms with van der Waals surface area (Å²) in [5.74, 6) is 0.737. The van der Waals surface area contributed by atoms with E-state index >= 15 is 0 Å². The number of thioether (sulfide) groups is 1. The van der Waals surface area contributed by atoms with Gasteiger partial charge >= 0.3 is 0 Å². The molecule has 0 saturated heterocycles. The molecule has 0 spiro atoms. The molecule has 0 bridgehead atoms. The number of hydrogen-bond acceptors (Lipinski definition) is 5. The Bertz CT molecular complexity index is 562. The number of nitrogens with one attached hydrogen (secondary N) is 1. The summed E-state index contributed by atoms with van der Waals surface area (Å²) in [7, 11) is 0. The van der Waals surface area contributed by atoms with Gasteiger partial charge in [-0.2, -0.15) is 0 Å². The summed E-state index contributed by atoms with van der Waals surface area (Å²) in [4.78, 5) is 8.18. The molecule has 2 N–H and O–H groups in total. The van der Waals surface area contributed by atoms with Crippen LogP contribution in [0.4, 0.5) is 0 Å². The van der Waals surface area contributed by atoms with Crippen LogP contribution in [0.3, 0.4) is 0 Å². The minimum absolute atomic E-state index is 0.0750. The van der Waals surface area contributed by atoms with Crippen molar-refractivity contribution in [3.05, 3.63) is 54.5 Å². The fraction of sp³-hybridized carbons (Fsp3) is 0.375. The van der Waals surface area contributed by atoms with Gasteiger partial charge in [0.15, 0.2) is 0 Å². The van der Waals surface area contributed by atoms with E-state index in [0.717, 1.165) is 16.3 Å². The molecule has 1 unspecified atom stereocenters. The summed E-state index contributed by atoms with van der Waals surface area (Å²) >= 11 is 1.64. The standard InChI is InChI=1S/C16H19N3OS/c20-10-16(19-14-6-7-14,13-4-2-1-3-5-13)11-21-15-8-9-17-12-18-15/h1-5,8-9,12,14,19-20H,6-7,10-11H2. The van der Waals surface area contributed by atoms with Crippen LogP contribution in [0.25, 0.3) is 0 Å². The first kappa shape index (κ1) is 14.5. The van der Waals surface area contributed by atoms with Crippen LogP contribution in [0, 0.1) is 0 Å². The van der Waals surface area contributed by atoms with Gasteiger partial charge in [-0.25, -0.2) is 9.97 Å². The van der Waals surface area contributed by atoms with Crippen LogP contribution in [-0.2, 0) is 5.54 Å². The Hall–Kier alpha value is -1.43. The van der Waals surface area contributed by atoms with Crippen molar-refractivity contribution >= 4 is 11.8 Å². The molecular formula is C16H19N3OS. The van der Waals surface area contributed by atoms with Crippen LogP contribution >= 0.6 is 11.8 Å². The van der Waals surface area contributed by atoms with E-state index < -0.39 is 5.54 Å². The van der Waals surface area contributed by atoms with Crippen LogP contribution in [-0.4, -0.2) is 33.5 Å². The van der Waals surface area contributed by atoms with E-state index in [-0.39, 0.29) is 6.61 Å². The van der Waals surface area contributed by atoms with Crippen molar-refractivity contribution in [1.82, 2.24) is 15.3 Å². The quantitative estimate of drug-likeness (QED) is 0.606. The van der Waals surface area contributed by atoms with Crippen LogP contribution in [0.1, 0.15) is 18.4 Å². The van der Waals surface area contributed by atoms with E-state index in [4.69, 9.17) is 0 Å². The third kappa shape index (κ3) is 3.61. The maximum Gasteiger partial charge on any atom is 0.116 e. The minimum atomic E-state index is -0.419. The van der Waals surface area contributed by atoms with Gasteiger partial charge in [0.2, 0.25) is 0 Å². The second kappa shape index (κ2) is 6.56. The Labute approximate surface area is 129 Å². The maximum absolute atomic E-state index is 10.1. The molecule has 1 aromatic carbocycles. The zero-order chi connectivity index (χ0) is 14.5. The van der Waals surface area contributed by atoms with Crippen molar-refractivity contribution < 1.29 is 5.11 Å². The van der Waals surface area contributed by atoms with Crippen LogP contribution < -0.4 is 5.32 Å². The molecule has 0 amide bonds. The second-order valence-electron chi connectivity index (χ2n) is 5.36. The van der Waals surface area contributed by atoms with Crippen molar-refractivity contribution in [2.75, 3.05) is 12.4 Å². The Morgan fingerprint density at radius 3 is 2.67 bits per heavy atom. The van der Waals surface area contributed by atoms with Gasteiger partial charge in [-0.05, 0) is 24.5 Å². The molecule has 110 valence electrons. The van der Waals surface area contributed by atoms with E-state index in [2.05, 4.69) is 27.4 Å². The molecule has 1 saturated carbocycles. The fourth-order valence-corrected chi connectivity index (χ4v) is 3.34. The normalized spacial score (nSPS) is 17.4. The Kier molecular flexibility index (Phi) is 4.53. The molecule has 5 heteroatoms. The molecule has 3 rings (SSSR count). The number of rotatable bonds is 7. The van der Waals surface area contributed by atoms with Gasteiger partial charge in [-0.1, -0.05) is 30.3 Å². The monoisotopic (exact) mass is 301 g/mol. The summed E-state index contributed by atoms with van der Waals surface area (Å²) in [6, 6.07) is 12.6. The number of nitrogens with zero attached hydrogens (tertiary/aromatic N) is 2. The van der Waals surface area contributed by atoms with Crippen molar-refractivity contribution in [1.29, 1.82) is 0 Å². The lowest BCUT2D eigenvalue weighted by molar-refractivity contribution is 0.177. The number of aliphatic hydroxyl groups excluding tert-OH is 1. The van der Waals surface area contributed by atoms with Gasteiger partial charge in [-0.3, -0.25) is 0 Å². The molecule has 1 heterocycles. The summed E-state index contributed by atoms with van der Waals surface area (Å²) in [6.07, 6.45) is 5.67. The minimum Gasteiger partial charge on any atom is -0.394 e. The fourth-order valence-electron chi connectivity index (χ4n) is 2.33. The SMILES string of the molecule is OCC(CSc1ccncn1)(NC1CC1)c1ccccc1. The van der Waals surface area contributed by atoms with E-state index in [1.165, 1.54) is 12.8 Å². The first-order valence-corrected chi connectivity index (χ1v) is 8.14.